The average molecular weight is 212 g/mol. The number of nitrogens with one attached hydrogen (secondary N) is 1. The Balaban J connectivity index is 2.76. The maximum atomic E-state index is 11.2. The van der Waals surface area contributed by atoms with Crippen LogP contribution in [0.3, 0.4) is 0 Å². The zero-order valence-electron chi connectivity index (χ0n) is 9.24. The monoisotopic (exact) mass is 212 g/mol. The van der Waals surface area contributed by atoms with Gasteiger partial charge in [-0.05, 0) is 6.92 Å². The number of methoxy groups -OCH3 is 1. The van der Waals surface area contributed by atoms with Gasteiger partial charge >= 0.3 is 0 Å². The molecule has 1 N–H and O–H groups in total. The minimum absolute atomic E-state index is 0.117. The molecule has 0 saturated heterocycles. The van der Waals surface area contributed by atoms with Gasteiger partial charge < -0.3 is 14.5 Å². The van der Waals surface area contributed by atoms with E-state index in [9.17, 15) is 4.79 Å². The summed E-state index contributed by atoms with van der Waals surface area (Å²) in [5.41, 5.74) is -0.193. The van der Waals surface area contributed by atoms with Gasteiger partial charge in [-0.2, -0.15) is 0 Å². The molecule has 1 rings (SSSR count). The summed E-state index contributed by atoms with van der Waals surface area (Å²) in [6.07, 6.45) is 0.555. The second-order valence-corrected chi connectivity index (χ2v) is 3.27. The Morgan fingerprint density at radius 1 is 1.60 bits per heavy atom. The van der Waals surface area contributed by atoms with Crippen LogP contribution in [0.15, 0.2) is 10.9 Å². The summed E-state index contributed by atoms with van der Waals surface area (Å²) in [5.74, 6) is 0.974. The lowest BCUT2D eigenvalue weighted by molar-refractivity contribution is 0.0886. The molecule has 0 amide bonds. The third kappa shape index (κ3) is 3.71. The summed E-state index contributed by atoms with van der Waals surface area (Å²) in [7, 11) is 1.60. The van der Waals surface area contributed by atoms with Gasteiger partial charge in [-0.25, -0.2) is 4.98 Å². The Morgan fingerprint density at radius 2 is 2.33 bits per heavy atom. The first-order valence-electron chi connectivity index (χ1n) is 4.91. The largest absolute Gasteiger partial charge is 0.472 e. The average Bonchev–Trinajstić information content (AvgIpc) is 2.17. The van der Waals surface area contributed by atoms with Gasteiger partial charge in [0.25, 0.3) is 5.56 Å². The minimum atomic E-state index is -0.193. The van der Waals surface area contributed by atoms with Gasteiger partial charge in [-0.15, -0.1) is 0 Å². The normalized spacial score (nSPS) is 12.5. The summed E-state index contributed by atoms with van der Waals surface area (Å²) in [5, 5.41) is 0. The van der Waals surface area contributed by atoms with Crippen LogP contribution in [0, 0.1) is 0 Å². The number of aryl methyl sites for hydroxylation is 1. The minimum Gasteiger partial charge on any atom is -0.472 e. The number of nitrogens with zero attached hydrogens (tertiary/aromatic N) is 1. The summed E-state index contributed by atoms with van der Waals surface area (Å²) in [6, 6.07) is 1.34. The Morgan fingerprint density at radius 3 is 2.93 bits per heavy atom. The van der Waals surface area contributed by atoms with Crippen LogP contribution in [0.2, 0.25) is 0 Å². The molecule has 0 fully saturated rings. The van der Waals surface area contributed by atoms with E-state index in [0.29, 0.717) is 24.7 Å². The number of hydrogen-bond donors (Lipinski definition) is 1. The van der Waals surface area contributed by atoms with Crippen LogP contribution < -0.4 is 10.3 Å². The predicted molar refractivity (Wildman–Crippen MR) is 56.2 cm³/mol. The number of hydrogen-bond acceptors (Lipinski definition) is 4. The molecule has 1 aromatic heterocycles. The van der Waals surface area contributed by atoms with Crippen LogP contribution >= 0.6 is 0 Å². The Bertz CT molecular complexity index is 362. The van der Waals surface area contributed by atoms with Crippen molar-refractivity contribution in [3.8, 4) is 5.88 Å². The quantitative estimate of drug-likeness (QED) is 0.782. The highest BCUT2D eigenvalue weighted by atomic mass is 16.5. The molecule has 0 aliphatic heterocycles. The van der Waals surface area contributed by atoms with Crippen LogP contribution in [0.25, 0.3) is 0 Å². The van der Waals surface area contributed by atoms with Crippen LogP contribution in [0.1, 0.15) is 19.7 Å². The summed E-state index contributed by atoms with van der Waals surface area (Å²) in [6.45, 7) is 4.24. The van der Waals surface area contributed by atoms with E-state index in [1.807, 2.05) is 13.8 Å². The van der Waals surface area contributed by atoms with Crippen LogP contribution in [0.5, 0.6) is 5.88 Å². The number of H-pyrrole nitrogens is 1. The number of rotatable bonds is 5. The highest BCUT2D eigenvalue weighted by Gasteiger charge is 2.06. The van der Waals surface area contributed by atoms with E-state index in [0.717, 1.165) is 0 Å². The van der Waals surface area contributed by atoms with Gasteiger partial charge in [0, 0.05) is 13.5 Å². The van der Waals surface area contributed by atoms with Gasteiger partial charge in [-0.3, -0.25) is 4.79 Å². The second-order valence-electron chi connectivity index (χ2n) is 3.27. The summed E-state index contributed by atoms with van der Waals surface area (Å²) in [4.78, 5) is 18.0. The predicted octanol–water partition coefficient (Wildman–Crippen LogP) is 0.746. The first kappa shape index (κ1) is 11.7. The summed E-state index contributed by atoms with van der Waals surface area (Å²) < 4.78 is 10.3. The fourth-order valence-corrected chi connectivity index (χ4v) is 1.19. The molecule has 1 aromatic rings. The molecular formula is C10H16N2O3. The van der Waals surface area contributed by atoms with E-state index in [4.69, 9.17) is 9.47 Å². The molecule has 0 aliphatic carbocycles. The fraction of sp³-hybridized carbons (Fsp3) is 0.600. The van der Waals surface area contributed by atoms with E-state index < -0.39 is 0 Å². The standard InChI is InChI=1S/C10H16N2O3/c1-4-8-11-9(13)5-10(12-8)15-7(2)6-14-3/h5,7H,4,6H2,1-3H3,(H,11,12,13). The zero-order chi connectivity index (χ0) is 11.3. The molecule has 0 spiro atoms. The van der Waals surface area contributed by atoms with Crippen molar-refractivity contribution in [1.29, 1.82) is 0 Å². The molecular weight excluding hydrogens is 196 g/mol. The van der Waals surface area contributed by atoms with E-state index >= 15 is 0 Å². The lowest BCUT2D eigenvalue weighted by atomic mass is 10.4. The molecule has 0 bridgehead atoms. The van der Waals surface area contributed by atoms with Gasteiger partial charge in [-0.1, -0.05) is 6.92 Å². The van der Waals surface area contributed by atoms with Gasteiger partial charge in [0.1, 0.15) is 11.9 Å². The molecule has 0 saturated carbocycles. The molecule has 15 heavy (non-hydrogen) atoms. The van der Waals surface area contributed by atoms with Gasteiger partial charge in [0.15, 0.2) is 0 Å². The third-order valence-electron chi connectivity index (χ3n) is 1.83. The molecule has 0 aromatic carbocycles. The second kappa shape index (κ2) is 5.50. The number of aromatic nitrogens is 2. The maximum Gasteiger partial charge on any atom is 0.254 e. The van der Waals surface area contributed by atoms with Crippen LogP contribution in [-0.2, 0) is 11.2 Å². The van der Waals surface area contributed by atoms with Crippen molar-refractivity contribution in [2.75, 3.05) is 13.7 Å². The lowest BCUT2D eigenvalue weighted by Crippen LogP contribution is -2.20. The number of ether oxygens (including phenoxy) is 2. The molecule has 84 valence electrons. The van der Waals surface area contributed by atoms with Gasteiger partial charge in [0.2, 0.25) is 5.88 Å². The van der Waals surface area contributed by atoms with Crippen LogP contribution in [-0.4, -0.2) is 29.8 Å². The maximum absolute atomic E-state index is 11.2. The van der Waals surface area contributed by atoms with E-state index in [1.54, 1.807) is 7.11 Å². The SMILES string of the molecule is CCc1nc(OC(C)COC)cc(=O)[nH]1. The molecule has 1 heterocycles. The van der Waals surface area contributed by atoms with Gasteiger partial charge in [0.05, 0.1) is 12.7 Å². The van der Waals surface area contributed by atoms with Crippen molar-refractivity contribution in [2.45, 2.75) is 26.4 Å². The van der Waals surface area contributed by atoms with Crippen molar-refractivity contribution in [1.82, 2.24) is 9.97 Å². The molecule has 5 nitrogen and oxygen atoms in total. The van der Waals surface area contributed by atoms with Crippen molar-refractivity contribution in [3.05, 3.63) is 22.2 Å². The smallest absolute Gasteiger partial charge is 0.254 e. The van der Waals surface area contributed by atoms with Crippen molar-refractivity contribution < 1.29 is 9.47 Å². The van der Waals surface area contributed by atoms with Crippen LogP contribution in [0.4, 0.5) is 0 Å². The van der Waals surface area contributed by atoms with E-state index in [1.165, 1.54) is 6.07 Å². The van der Waals surface area contributed by atoms with Crippen molar-refractivity contribution in [3.63, 3.8) is 0 Å². The van der Waals surface area contributed by atoms with Crippen molar-refractivity contribution in [2.24, 2.45) is 0 Å². The zero-order valence-corrected chi connectivity index (χ0v) is 9.24. The molecule has 0 aliphatic rings. The van der Waals surface area contributed by atoms with E-state index in [2.05, 4.69) is 9.97 Å². The first-order valence-corrected chi connectivity index (χ1v) is 4.91. The third-order valence-corrected chi connectivity index (χ3v) is 1.83. The summed E-state index contributed by atoms with van der Waals surface area (Å²) >= 11 is 0. The Labute approximate surface area is 88.4 Å². The van der Waals surface area contributed by atoms with E-state index in [-0.39, 0.29) is 11.7 Å². The molecule has 1 atom stereocenters. The van der Waals surface area contributed by atoms with Crippen molar-refractivity contribution >= 4 is 0 Å². The topological polar surface area (TPSA) is 64.2 Å². The Hall–Kier alpha value is -1.36. The highest BCUT2D eigenvalue weighted by molar-refractivity contribution is 5.09. The highest BCUT2D eigenvalue weighted by Crippen LogP contribution is 2.05. The fourth-order valence-electron chi connectivity index (χ4n) is 1.19. The number of aromatic amines is 1. The molecule has 5 heteroatoms. The Kier molecular flexibility index (Phi) is 4.30. The first-order chi connectivity index (χ1) is 7.15. The molecule has 1 unspecified atom stereocenters. The lowest BCUT2D eigenvalue weighted by Gasteiger charge is -2.12. The molecule has 0 radical (unpaired) electrons.